The normalized spacial score (nSPS) is 16.7. The Bertz CT molecular complexity index is 499. The molecule has 0 aliphatic carbocycles. The fraction of sp³-hybridized carbons (Fsp3) is 0.444. The van der Waals surface area contributed by atoms with Gasteiger partial charge in [-0.05, 0) is 25.0 Å². The minimum absolute atomic E-state index is 0.0194. The van der Waals surface area contributed by atoms with Crippen molar-refractivity contribution >= 4 is 15.9 Å². The predicted octanol–water partition coefficient (Wildman–Crippen LogP) is 0.163. The maximum absolute atomic E-state index is 11.8. The summed E-state index contributed by atoms with van der Waals surface area (Å²) in [5.41, 5.74) is 0. The molecule has 0 saturated carbocycles. The van der Waals surface area contributed by atoms with Crippen molar-refractivity contribution in [3.05, 3.63) is 17.9 Å². The van der Waals surface area contributed by atoms with E-state index in [1.165, 1.54) is 12.1 Å². The maximum Gasteiger partial charge on any atom is 0.289 e. The van der Waals surface area contributed by atoms with Gasteiger partial charge in [-0.1, -0.05) is 0 Å². The molecule has 0 atom stereocenters. The third kappa shape index (κ3) is 2.10. The SMILES string of the molecule is NS(=O)(=O)c1ccc(C(=O)N2CCCC2)o1. The fourth-order valence-electron chi connectivity index (χ4n) is 1.66. The molecule has 1 aromatic rings. The Morgan fingerprint density at radius 1 is 1.31 bits per heavy atom. The minimum atomic E-state index is -3.88. The lowest BCUT2D eigenvalue weighted by molar-refractivity contribution is 0.0755. The van der Waals surface area contributed by atoms with Crippen molar-refractivity contribution in [3.8, 4) is 0 Å². The zero-order chi connectivity index (χ0) is 11.8. The Balaban J connectivity index is 2.22. The molecule has 1 amide bonds. The van der Waals surface area contributed by atoms with E-state index < -0.39 is 10.0 Å². The van der Waals surface area contributed by atoms with Crippen LogP contribution in [0.2, 0.25) is 0 Å². The molecule has 1 aliphatic heterocycles. The highest BCUT2D eigenvalue weighted by atomic mass is 32.2. The first kappa shape index (κ1) is 11.2. The van der Waals surface area contributed by atoms with Crippen LogP contribution < -0.4 is 5.14 Å². The Labute approximate surface area is 93.1 Å². The molecule has 1 saturated heterocycles. The van der Waals surface area contributed by atoms with Crippen LogP contribution in [0.5, 0.6) is 0 Å². The average molecular weight is 244 g/mol. The van der Waals surface area contributed by atoms with E-state index in [0.717, 1.165) is 12.8 Å². The smallest absolute Gasteiger partial charge is 0.289 e. The Hall–Kier alpha value is -1.34. The van der Waals surface area contributed by atoms with Gasteiger partial charge in [-0.15, -0.1) is 0 Å². The van der Waals surface area contributed by atoms with Crippen LogP contribution in [-0.2, 0) is 10.0 Å². The number of rotatable bonds is 2. The van der Waals surface area contributed by atoms with Crippen LogP contribution in [0, 0.1) is 0 Å². The van der Waals surface area contributed by atoms with Gasteiger partial charge < -0.3 is 9.32 Å². The molecule has 7 heteroatoms. The minimum Gasteiger partial charge on any atom is -0.438 e. The molecule has 0 spiro atoms. The van der Waals surface area contributed by atoms with E-state index in [0.29, 0.717) is 13.1 Å². The number of furan rings is 1. The molecule has 2 heterocycles. The van der Waals surface area contributed by atoms with E-state index in [4.69, 9.17) is 9.56 Å². The lowest BCUT2D eigenvalue weighted by atomic mass is 10.4. The number of hydrogen-bond donors (Lipinski definition) is 1. The highest BCUT2D eigenvalue weighted by molar-refractivity contribution is 7.89. The summed E-state index contributed by atoms with van der Waals surface area (Å²) in [6.07, 6.45) is 1.93. The van der Waals surface area contributed by atoms with Crippen LogP contribution >= 0.6 is 0 Å². The van der Waals surface area contributed by atoms with Crippen molar-refractivity contribution < 1.29 is 17.6 Å². The van der Waals surface area contributed by atoms with Crippen molar-refractivity contribution in [1.29, 1.82) is 0 Å². The summed E-state index contributed by atoms with van der Waals surface area (Å²) >= 11 is 0. The van der Waals surface area contributed by atoms with Gasteiger partial charge in [0.25, 0.3) is 15.9 Å². The summed E-state index contributed by atoms with van der Waals surface area (Å²) in [6, 6.07) is 2.53. The highest BCUT2D eigenvalue weighted by Gasteiger charge is 2.24. The second-order valence-electron chi connectivity index (χ2n) is 3.66. The fourth-order valence-corrected chi connectivity index (χ4v) is 2.13. The molecule has 6 nitrogen and oxygen atoms in total. The van der Waals surface area contributed by atoms with E-state index in [2.05, 4.69) is 0 Å². The van der Waals surface area contributed by atoms with Gasteiger partial charge in [-0.2, -0.15) is 0 Å². The van der Waals surface area contributed by atoms with Crippen LogP contribution in [-0.4, -0.2) is 32.3 Å². The summed E-state index contributed by atoms with van der Waals surface area (Å²) in [5, 5.41) is 4.50. The van der Waals surface area contributed by atoms with Crippen LogP contribution in [0.15, 0.2) is 21.6 Å². The van der Waals surface area contributed by atoms with Crippen molar-refractivity contribution in [2.75, 3.05) is 13.1 Å². The summed E-state index contributed by atoms with van der Waals surface area (Å²) in [6.45, 7) is 1.37. The number of carbonyl (C=O) groups excluding carboxylic acids is 1. The third-order valence-corrected chi connectivity index (χ3v) is 3.25. The van der Waals surface area contributed by atoms with E-state index in [9.17, 15) is 13.2 Å². The molecular formula is C9H12N2O4S. The zero-order valence-electron chi connectivity index (χ0n) is 8.55. The molecule has 2 rings (SSSR count). The standard InChI is InChI=1S/C9H12N2O4S/c10-16(13,14)8-4-3-7(15-8)9(12)11-5-1-2-6-11/h3-4H,1-2,5-6H2,(H2,10,13,14). The van der Waals surface area contributed by atoms with E-state index >= 15 is 0 Å². The van der Waals surface area contributed by atoms with Gasteiger partial charge in [-0.25, -0.2) is 13.6 Å². The van der Waals surface area contributed by atoms with Crippen molar-refractivity contribution in [2.45, 2.75) is 17.9 Å². The first-order chi connectivity index (χ1) is 7.48. The third-order valence-electron chi connectivity index (χ3n) is 2.47. The molecule has 1 fully saturated rings. The van der Waals surface area contributed by atoms with Crippen LogP contribution in [0.3, 0.4) is 0 Å². The monoisotopic (exact) mass is 244 g/mol. The average Bonchev–Trinajstić information content (AvgIpc) is 2.87. The molecule has 1 aliphatic rings. The zero-order valence-corrected chi connectivity index (χ0v) is 9.37. The second kappa shape index (κ2) is 3.91. The Kier molecular flexibility index (Phi) is 2.73. The molecule has 1 aromatic heterocycles. The summed E-state index contributed by atoms with van der Waals surface area (Å²) in [4.78, 5) is 13.4. The Morgan fingerprint density at radius 2 is 1.94 bits per heavy atom. The van der Waals surface area contributed by atoms with Gasteiger partial charge >= 0.3 is 0 Å². The number of hydrogen-bond acceptors (Lipinski definition) is 4. The van der Waals surface area contributed by atoms with Crippen molar-refractivity contribution in [2.24, 2.45) is 5.14 Å². The number of nitrogens with two attached hydrogens (primary N) is 1. The predicted molar refractivity (Wildman–Crippen MR) is 55.2 cm³/mol. The summed E-state index contributed by atoms with van der Waals surface area (Å²) in [5.74, 6) is -0.265. The molecule has 0 bridgehead atoms. The molecule has 0 radical (unpaired) electrons. The number of primary sulfonamides is 1. The largest absolute Gasteiger partial charge is 0.438 e. The van der Waals surface area contributed by atoms with Gasteiger partial charge in [0.15, 0.2) is 5.76 Å². The van der Waals surface area contributed by atoms with Crippen LogP contribution in [0.4, 0.5) is 0 Å². The number of amides is 1. The van der Waals surface area contributed by atoms with E-state index in [1.54, 1.807) is 4.90 Å². The van der Waals surface area contributed by atoms with Crippen LogP contribution in [0.1, 0.15) is 23.4 Å². The summed E-state index contributed by atoms with van der Waals surface area (Å²) in [7, 11) is -3.88. The lowest BCUT2D eigenvalue weighted by Gasteiger charge is -2.12. The van der Waals surface area contributed by atoms with Gasteiger partial charge in [0, 0.05) is 13.1 Å². The molecular weight excluding hydrogens is 232 g/mol. The van der Waals surface area contributed by atoms with E-state index in [-0.39, 0.29) is 16.8 Å². The molecule has 2 N–H and O–H groups in total. The lowest BCUT2D eigenvalue weighted by Crippen LogP contribution is -2.27. The topological polar surface area (TPSA) is 93.6 Å². The molecule has 16 heavy (non-hydrogen) atoms. The molecule has 0 unspecified atom stereocenters. The molecule has 0 aromatic carbocycles. The van der Waals surface area contributed by atoms with Crippen molar-refractivity contribution in [1.82, 2.24) is 4.90 Å². The number of sulfonamides is 1. The first-order valence-corrected chi connectivity index (χ1v) is 6.45. The number of carbonyl (C=O) groups is 1. The van der Waals surface area contributed by atoms with Crippen LogP contribution in [0.25, 0.3) is 0 Å². The summed E-state index contributed by atoms with van der Waals surface area (Å²) < 4.78 is 26.8. The molecule has 88 valence electrons. The van der Waals surface area contributed by atoms with Gasteiger partial charge in [0.1, 0.15) is 0 Å². The first-order valence-electron chi connectivity index (χ1n) is 4.90. The van der Waals surface area contributed by atoms with E-state index in [1.807, 2.05) is 0 Å². The maximum atomic E-state index is 11.8. The second-order valence-corrected chi connectivity index (χ2v) is 5.16. The highest BCUT2D eigenvalue weighted by Crippen LogP contribution is 2.17. The quantitative estimate of drug-likeness (QED) is 0.802. The van der Waals surface area contributed by atoms with Gasteiger partial charge in [0.2, 0.25) is 5.09 Å². The Morgan fingerprint density at radius 3 is 2.44 bits per heavy atom. The van der Waals surface area contributed by atoms with Crippen molar-refractivity contribution in [3.63, 3.8) is 0 Å². The number of nitrogens with zero attached hydrogens (tertiary/aromatic N) is 1. The van der Waals surface area contributed by atoms with Gasteiger partial charge in [-0.3, -0.25) is 4.79 Å². The van der Waals surface area contributed by atoms with Gasteiger partial charge in [0.05, 0.1) is 0 Å². The number of likely N-dealkylation sites (tertiary alicyclic amines) is 1.